The van der Waals surface area contributed by atoms with Gasteiger partial charge in [0.05, 0.1) is 7.11 Å². The third-order valence-electron chi connectivity index (χ3n) is 2.63. The van der Waals surface area contributed by atoms with Crippen molar-refractivity contribution in [1.29, 1.82) is 0 Å². The van der Waals surface area contributed by atoms with E-state index >= 15 is 0 Å². The number of rotatable bonds is 5. The first kappa shape index (κ1) is 13.4. The van der Waals surface area contributed by atoms with Gasteiger partial charge >= 0.3 is 5.97 Å². The fourth-order valence-electron chi connectivity index (χ4n) is 1.56. The highest BCUT2D eigenvalue weighted by molar-refractivity contribution is 5.69. The molecule has 0 aliphatic rings. The average molecular weight is 202 g/mol. The standard InChI is InChI=1S/C11H22O3/c1-11(2,3)9(7-8-12)5-6-10(13)14-4/h9,12H,5-8H2,1-4H3. The molecule has 0 radical (unpaired) electrons. The van der Waals surface area contributed by atoms with Crippen molar-refractivity contribution >= 4 is 5.97 Å². The molecule has 14 heavy (non-hydrogen) atoms. The summed E-state index contributed by atoms with van der Waals surface area (Å²) in [6.45, 7) is 6.57. The van der Waals surface area contributed by atoms with E-state index in [1.54, 1.807) is 0 Å². The van der Waals surface area contributed by atoms with E-state index < -0.39 is 0 Å². The summed E-state index contributed by atoms with van der Waals surface area (Å²) in [5.74, 6) is 0.198. The fraction of sp³-hybridized carbons (Fsp3) is 0.909. The summed E-state index contributed by atoms with van der Waals surface area (Å²) < 4.78 is 4.59. The van der Waals surface area contributed by atoms with E-state index in [-0.39, 0.29) is 18.0 Å². The lowest BCUT2D eigenvalue weighted by Gasteiger charge is -2.30. The van der Waals surface area contributed by atoms with E-state index in [1.165, 1.54) is 7.11 Å². The molecule has 3 nitrogen and oxygen atoms in total. The Hall–Kier alpha value is -0.570. The second kappa shape index (κ2) is 6.02. The van der Waals surface area contributed by atoms with Gasteiger partial charge in [-0.05, 0) is 24.2 Å². The molecule has 0 aromatic rings. The Morgan fingerprint density at radius 1 is 1.36 bits per heavy atom. The Kier molecular flexibility index (Phi) is 5.77. The van der Waals surface area contributed by atoms with Crippen LogP contribution in [-0.4, -0.2) is 24.8 Å². The van der Waals surface area contributed by atoms with E-state index in [0.29, 0.717) is 12.3 Å². The monoisotopic (exact) mass is 202 g/mol. The molecule has 84 valence electrons. The van der Waals surface area contributed by atoms with Crippen molar-refractivity contribution in [3.8, 4) is 0 Å². The van der Waals surface area contributed by atoms with Crippen molar-refractivity contribution < 1.29 is 14.6 Å². The van der Waals surface area contributed by atoms with Gasteiger partial charge in [0, 0.05) is 13.0 Å². The molecule has 0 saturated carbocycles. The third kappa shape index (κ3) is 5.22. The largest absolute Gasteiger partial charge is 0.469 e. The number of aliphatic hydroxyl groups is 1. The molecule has 0 aromatic carbocycles. The van der Waals surface area contributed by atoms with Gasteiger partial charge in [-0.2, -0.15) is 0 Å². The number of aliphatic hydroxyl groups excluding tert-OH is 1. The summed E-state index contributed by atoms with van der Waals surface area (Å²) in [7, 11) is 1.40. The second-order valence-corrected chi connectivity index (χ2v) is 4.69. The lowest BCUT2D eigenvalue weighted by atomic mass is 9.76. The van der Waals surface area contributed by atoms with Crippen LogP contribution >= 0.6 is 0 Å². The zero-order chi connectivity index (χ0) is 11.2. The number of ether oxygens (including phenoxy) is 1. The SMILES string of the molecule is COC(=O)CCC(CCO)C(C)(C)C. The predicted molar refractivity (Wildman–Crippen MR) is 55.9 cm³/mol. The van der Waals surface area contributed by atoms with Gasteiger partial charge in [0.1, 0.15) is 0 Å². The van der Waals surface area contributed by atoms with Crippen LogP contribution in [0, 0.1) is 11.3 Å². The van der Waals surface area contributed by atoms with Gasteiger partial charge < -0.3 is 9.84 Å². The quantitative estimate of drug-likeness (QED) is 0.693. The van der Waals surface area contributed by atoms with E-state index in [1.807, 2.05) is 0 Å². The maximum Gasteiger partial charge on any atom is 0.305 e. The summed E-state index contributed by atoms with van der Waals surface area (Å²) in [6, 6.07) is 0. The molecule has 3 heteroatoms. The Morgan fingerprint density at radius 2 is 1.93 bits per heavy atom. The molecule has 0 bridgehead atoms. The van der Waals surface area contributed by atoms with Crippen molar-refractivity contribution in [1.82, 2.24) is 0 Å². The third-order valence-corrected chi connectivity index (χ3v) is 2.63. The van der Waals surface area contributed by atoms with Crippen LogP contribution < -0.4 is 0 Å². The lowest BCUT2D eigenvalue weighted by molar-refractivity contribution is -0.141. The van der Waals surface area contributed by atoms with Crippen LogP contribution in [-0.2, 0) is 9.53 Å². The van der Waals surface area contributed by atoms with Gasteiger partial charge in [0.15, 0.2) is 0 Å². The molecule has 0 aliphatic heterocycles. The molecule has 0 saturated heterocycles. The number of methoxy groups -OCH3 is 1. The predicted octanol–water partition coefficient (Wildman–Crippen LogP) is 1.98. The van der Waals surface area contributed by atoms with E-state index in [2.05, 4.69) is 25.5 Å². The van der Waals surface area contributed by atoms with E-state index in [4.69, 9.17) is 5.11 Å². The maximum atomic E-state index is 11.0. The molecular formula is C11H22O3. The number of carbonyl (C=O) groups is 1. The molecule has 0 spiro atoms. The highest BCUT2D eigenvalue weighted by Crippen LogP contribution is 2.32. The van der Waals surface area contributed by atoms with Gasteiger partial charge in [-0.15, -0.1) is 0 Å². The Bertz CT molecular complexity index is 170. The van der Waals surface area contributed by atoms with Crippen LogP contribution in [0.3, 0.4) is 0 Å². The number of carbonyl (C=O) groups excluding carboxylic acids is 1. The minimum Gasteiger partial charge on any atom is -0.469 e. The number of hydrogen-bond donors (Lipinski definition) is 1. The van der Waals surface area contributed by atoms with Gasteiger partial charge in [0.25, 0.3) is 0 Å². The highest BCUT2D eigenvalue weighted by Gasteiger charge is 2.24. The average Bonchev–Trinajstić information content (AvgIpc) is 2.09. The maximum absolute atomic E-state index is 11.0. The lowest BCUT2D eigenvalue weighted by Crippen LogP contribution is -2.22. The van der Waals surface area contributed by atoms with Crippen LogP contribution in [0.25, 0.3) is 0 Å². The molecule has 1 unspecified atom stereocenters. The zero-order valence-electron chi connectivity index (χ0n) is 9.67. The van der Waals surface area contributed by atoms with E-state index in [0.717, 1.165) is 12.8 Å². The van der Waals surface area contributed by atoms with Crippen molar-refractivity contribution in [3.63, 3.8) is 0 Å². The Balaban J connectivity index is 4.04. The van der Waals surface area contributed by atoms with Gasteiger partial charge in [0.2, 0.25) is 0 Å². The van der Waals surface area contributed by atoms with E-state index in [9.17, 15) is 4.79 Å². The number of hydrogen-bond acceptors (Lipinski definition) is 3. The summed E-state index contributed by atoms with van der Waals surface area (Å²) in [5, 5.41) is 8.91. The van der Waals surface area contributed by atoms with Crippen LogP contribution in [0.2, 0.25) is 0 Å². The first-order valence-electron chi connectivity index (χ1n) is 5.09. The molecular weight excluding hydrogens is 180 g/mol. The topological polar surface area (TPSA) is 46.5 Å². The van der Waals surface area contributed by atoms with Crippen LogP contribution in [0.15, 0.2) is 0 Å². The molecule has 0 aliphatic carbocycles. The van der Waals surface area contributed by atoms with Gasteiger partial charge in [-0.1, -0.05) is 20.8 Å². The van der Waals surface area contributed by atoms with Gasteiger partial charge in [-0.3, -0.25) is 4.79 Å². The molecule has 0 fully saturated rings. The smallest absolute Gasteiger partial charge is 0.305 e. The highest BCUT2D eigenvalue weighted by atomic mass is 16.5. The van der Waals surface area contributed by atoms with Gasteiger partial charge in [-0.25, -0.2) is 0 Å². The second-order valence-electron chi connectivity index (χ2n) is 4.69. The molecule has 0 rings (SSSR count). The molecule has 1 atom stereocenters. The van der Waals surface area contributed by atoms with Crippen LogP contribution in [0.5, 0.6) is 0 Å². The molecule has 0 aromatic heterocycles. The minimum atomic E-state index is -0.169. The van der Waals surface area contributed by atoms with Crippen LogP contribution in [0.4, 0.5) is 0 Å². The first-order valence-corrected chi connectivity index (χ1v) is 5.09. The molecule has 0 heterocycles. The zero-order valence-corrected chi connectivity index (χ0v) is 9.67. The normalized spacial score (nSPS) is 13.8. The fourth-order valence-corrected chi connectivity index (χ4v) is 1.56. The van der Waals surface area contributed by atoms with Crippen molar-refractivity contribution in [3.05, 3.63) is 0 Å². The van der Waals surface area contributed by atoms with Crippen molar-refractivity contribution in [2.24, 2.45) is 11.3 Å². The summed E-state index contributed by atoms with van der Waals surface area (Å²) in [6.07, 6.45) is 1.98. The Labute approximate surface area is 86.5 Å². The summed E-state index contributed by atoms with van der Waals surface area (Å²) in [5.41, 5.74) is 0.136. The first-order chi connectivity index (χ1) is 6.41. The Morgan fingerprint density at radius 3 is 2.29 bits per heavy atom. The summed E-state index contributed by atoms with van der Waals surface area (Å²) in [4.78, 5) is 11.0. The van der Waals surface area contributed by atoms with Crippen molar-refractivity contribution in [2.45, 2.75) is 40.0 Å². The molecule has 1 N–H and O–H groups in total. The van der Waals surface area contributed by atoms with Crippen molar-refractivity contribution in [2.75, 3.05) is 13.7 Å². The van der Waals surface area contributed by atoms with Crippen LogP contribution in [0.1, 0.15) is 40.0 Å². The summed E-state index contributed by atoms with van der Waals surface area (Å²) >= 11 is 0. The minimum absolute atomic E-state index is 0.136. The molecule has 0 amide bonds. The number of esters is 1.